The highest BCUT2D eigenvalue weighted by Gasteiger charge is 2.41. The van der Waals surface area contributed by atoms with Gasteiger partial charge in [-0.2, -0.15) is 0 Å². The van der Waals surface area contributed by atoms with Gasteiger partial charge in [0.1, 0.15) is 5.92 Å². The van der Waals surface area contributed by atoms with Crippen molar-refractivity contribution in [3.63, 3.8) is 0 Å². The van der Waals surface area contributed by atoms with E-state index in [1.165, 1.54) is 0 Å². The van der Waals surface area contributed by atoms with Crippen LogP contribution in [0.15, 0.2) is 35.5 Å². The number of carbonyl (C=O) groups excluding carboxylic acids is 1. The number of nitrogens with zero attached hydrogens (tertiary/aromatic N) is 1. The molecule has 2 aliphatic rings. The minimum Gasteiger partial charge on any atom is -0.404 e. The Kier molecular flexibility index (Phi) is 2.53. The van der Waals surface area contributed by atoms with Crippen LogP contribution in [0.1, 0.15) is 16.8 Å². The van der Waals surface area contributed by atoms with Gasteiger partial charge in [-0.05, 0) is 23.7 Å². The molecule has 0 N–H and O–H groups in total. The summed E-state index contributed by atoms with van der Waals surface area (Å²) in [5.41, 5.74) is 0.498. The fourth-order valence-corrected chi connectivity index (χ4v) is 1.90. The predicted octanol–water partition coefficient (Wildman–Crippen LogP) is 1.55. The molecular weight excluding hydrogens is 222 g/mol. The molecule has 2 heterocycles. The van der Waals surface area contributed by atoms with Crippen molar-refractivity contribution in [2.75, 3.05) is 6.61 Å². The first-order valence-corrected chi connectivity index (χ1v) is 5.47. The zero-order valence-corrected chi connectivity index (χ0v) is 9.04. The fraction of sp³-hybridized carbons (Fsp3) is 0.333. The minimum absolute atomic E-state index is 0.0531. The van der Waals surface area contributed by atoms with Crippen LogP contribution in [0.4, 0.5) is 0 Å². The molecule has 1 saturated heterocycles. The molecule has 0 saturated carbocycles. The number of carbonyl (C=O) groups is 1. The van der Waals surface area contributed by atoms with E-state index in [2.05, 4.69) is 5.16 Å². The largest absolute Gasteiger partial charge is 0.404 e. The number of hydrogen-bond acceptors (Lipinski definition) is 5. The van der Waals surface area contributed by atoms with Crippen LogP contribution < -0.4 is 0 Å². The van der Waals surface area contributed by atoms with Crippen molar-refractivity contribution >= 4 is 11.9 Å². The second-order valence-electron chi connectivity index (χ2n) is 3.92. The number of rotatable bonds is 1. The van der Waals surface area contributed by atoms with Gasteiger partial charge in [0.25, 0.3) is 0 Å². The molecule has 2 atom stereocenters. The zero-order valence-electron chi connectivity index (χ0n) is 9.04. The maximum absolute atomic E-state index is 11.8. The summed E-state index contributed by atoms with van der Waals surface area (Å²) in [6.07, 6.45) is 0.388. The van der Waals surface area contributed by atoms with Gasteiger partial charge in [0, 0.05) is 0 Å². The third-order valence-electron chi connectivity index (χ3n) is 2.81. The Bertz CT molecular complexity index is 457. The van der Waals surface area contributed by atoms with E-state index in [-0.39, 0.29) is 12.2 Å². The van der Waals surface area contributed by atoms with Gasteiger partial charge < -0.3 is 14.3 Å². The van der Waals surface area contributed by atoms with Crippen LogP contribution in [0.5, 0.6) is 0 Å². The van der Waals surface area contributed by atoms with Gasteiger partial charge in [-0.3, -0.25) is 0 Å². The molecular formula is C12H11NO4. The summed E-state index contributed by atoms with van der Waals surface area (Å²) in [4.78, 5) is 16.8. The Balaban J connectivity index is 1.70. The molecule has 5 nitrogen and oxygen atoms in total. The van der Waals surface area contributed by atoms with Crippen molar-refractivity contribution in [1.82, 2.24) is 0 Å². The maximum Gasteiger partial charge on any atom is 0.344 e. The molecule has 0 aliphatic carbocycles. The second kappa shape index (κ2) is 4.18. The zero-order chi connectivity index (χ0) is 11.7. The Hall–Kier alpha value is -1.88. The van der Waals surface area contributed by atoms with Gasteiger partial charge in [-0.15, -0.1) is 0 Å². The maximum atomic E-state index is 11.8. The molecule has 1 fully saturated rings. The third kappa shape index (κ3) is 1.89. The smallest absolute Gasteiger partial charge is 0.344 e. The SMILES string of the molecule is O=C(OC1=NOC2OCCC12)c1ccccc1. The summed E-state index contributed by atoms with van der Waals surface area (Å²) >= 11 is 0. The lowest BCUT2D eigenvalue weighted by atomic mass is 10.1. The molecule has 2 aliphatic heterocycles. The Morgan fingerprint density at radius 2 is 2.18 bits per heavy atom. The van der Waals surface area contributed by atoms with Crippen LogP contribution >= 0.6 is 0 Å². The molecule has 1 aromatic carbocycles. The molecule has 17 heavy (non-hydrogen) atoms. The first-order chi connectivity index (χ1) is 8.34. The van der Waals surface area contributed by atoms with E-state index in [0.717, 1.165) is 6.42 Å². The monoisotopic (exact) mass is 233 g/mol. The van der Waals surface area contributed by atoms with Gasteiger partial charge in [-0.25, -0.2) is 4.79 Å². The molecule has 5 heteroatoms. The first kappa shape index (κ1) is 10.3. The van der Waals surface area contributed by atoms with Crippen LogP contribution in [0.25, 0.3) is 0 Å². The molecule has 0 amide bonds. The van der Waals surface area contributed by atoms with E-state index in [1.54, 1.807) is 24.3 Å². The van der Waals surface area contributed by atoms with E-state index in [4.69, 9.17) is 14.3 Å². The van der Waals surface area contributed by atoms with Crippen molar-refractivity contribution in [3.8, 4) is 0 Å². The summed E-state index contributed by atoms with van der Waals surface area (Å²) in [6.45, 7) is 0.608. The molecule has 0 radical (unpaired) electrons. The lowest BCUT2D eigenvalue weighted by Gasteiger charge is -2.07. The van der Waals surface area contributed by atoms with Gasteiger partial charge in [0.15, 0.2) is 0 Å². The molecule has 1 aromatic rings. The highest BCUT2D eigenvalue weighted by Crippen LogP contribution is 2.29. The van der Waals surface area contributed by atoms with E-state index < -0.39 is 5.97 Å². The van der Waals surface area contributed by atoms with Crippen molar-refractivity contribution < 1.29 is 19.1 Å². The van der Waals surface area contributed by atoms with Gasteiger partial charge in [0.2, 0.25) is 12.2 Å². The average molecular weight is 233 g/mol. The highest BCUT2D eigenvalue weighted by molar-refractivity contribution is 5.99. The van der Waals surface area contributed by atoms with Gasteiger partial charge >= 0.3 is 5.97 Å². The van der Waals surface area contributed by atoms with Crippen molar-refractivity contribution in [2.24, 2.45) is 11.1 Å². The minimum atomic E-state index is -0.416. The van der Waals surface area contributed by atoms with Gasteiger partial charge in [-0.1, -0.05) is 18.2 Å². The quantitative estimate of drug-likeness (QED) is 0.690. The number of benzene rings is 1. The number of fused-ring (bicyclic) bond motifs is 1. The van der Waals surface area contributed by atoms with Crippen molar-refractivity contribution in [1.29, 1.82) is 0 Å². The number of hydrogen-bond donors (Lipinski definition) is 0. The van der Waals surface area contributed by atoms with Crippen molar-refractivity contribution in [3.05, 3.63) is 35.9 Å². The van der Waals surface area contributed by atoms with Crippen molar-refractivity contribution in [2.45, 2.75) is 12.7 Å². The predicted molar refractivity (Wildman–Crippen MR) is 58.2 cm³/mol. The summed E-state index contributed by atoms with van der Waals surface area (Å²) in [6, 6.07) is 8.80. The molecule has 0 spiro atoms. The molecule has 3 rings (SSSR count). The van der Waals surface area contributed by atoms with Crippen LogP contribution in [0, 0.1) is 5.92 Å². The van der Waals surface area contributed by atoms with E-state index in [9.17, 15) is 4.79 Å². The standard InChI is InChI=1S/C12H11NO4/c14-11(8-4-2-1-3-5-8)16-10-9-6-7-15-12(9)17-13-10/h1-5,9,12H,6-7H2. The Labute approximate surface area is 98.0 Å². The Morgan fingerprint density at radius 1 is 1.35 bits per heavy atom. The van der Waals surface area contributed by atoms with E-state index in [1.807, 2.05) is 6.07 Å². The normalized spacial score (nSPS) is 26.0. The van der Waals surface area contributed by atoms with Crippen LogP contribution in [0.2, 0.25) is 0 Å². The third-order valence-corrected chi connectivity index (χ3v) is 2.81. The summed E-state index contributed by atoms with van der Waals surface area (Å²) in [5, 5.41) is 3.73. The fourth-order valence-electron chi connectivity index (χ4n) is 1.90. The lowest BCUT2D eigenvalue weighted by molar-refractivity contribution is -0.106. The van der Waals surface area contributed by atoms with E-state index in [0.29, 0.717) is 18.1 Å². The second-order valence-corrected chi connectivity index (χ2v) is 3.92. The van der Waals surface area contributed by atoms with Crippen LogP contribution in [-0.2, 0) is 14.3 Å². The summed E-state index contributed by atoms with van der Waals surface area (Å²) < 4.78 is 10.5. The topological polar surface area (TPSA) is 57.1 Å². The number of esters is 1. The number of oxime groups is 1. The first-order valence-electron chi connectivity index (χ1n) is 5.47. The summed E-state index contributed by atoms with van der Waals surface area (Å²) in [5.74, 6) is -0.149. The molecule has 0 aromatic heterocycles. The van der Waals surface area contributed by atoms with Gasteiger partial charge in [0.05, 0.1) is 12.2 Å². The molecule has 0 bridgehead atoms. The van der Waals surface area contributed by atoms with Crippen LogP contribution in [0.3, 0.4) is 0 Å². The summed E-state index contributed by atoms with van der Waals surface area (Å²) in [7, 11) is 0. The highest BCUT2D eigenvalue weighted by atomic mass is 16.8. The molecule has 2 unspecified atom stereocenters. The lowest BCUT2D eigenvalue weighted by Crippen LogP contribution is -2.22. The van der Waals surface area contributed by atoms with Crippen LogP contribution in [-0.4, -0.2) is 24.8 Å². The van der Waals surface area contributed by atoms with E-state index >= 15 is 0 Å². The molecule has 88 valence electrons. The average Bonchev–Trinajstić information content (AvgIpc) is 2.95. The Morgan fingerprint density at radius 3 is 3.00 bits per heavy atom. The number of ether oxygens (including phenoxy) is 2.